The van der Waals surface area contributed by atoms with Gasteiger partial charge in [-0.15, -0.1) is 0 Å². The van der Waals surface area contributed by atoms with E-state index in [9.17, 15) is 4.79 Å². The molecular weight excluding hydrogens is 376 g/mol. The van der Waals surface area contributed by atoms with Gasteiger partial charge in [0, 0.05) is 56.4 Å². The predicted octanol–water partition coefficient (Wildman–Crippen LogP) is 2.90. The van der Waals surface area contributed by atoms with Crippen LogP contribution >= 0.6 is 0 Å². The summed E-state index contributed by atoms with van der Waals surface area (Å²) in [6.07, 6.45) is 2.45. The second-order valence-corrected chi connectivity index (χ2v) is 8.03. The average molecular weight is 403 g/mol. The van der Waals surface area contributed by atoms with Crippen molar-refractivity contribution in [1.29, 1.82) is 0 Å². The highest BCUT2D eigenvalue weighted by atomic mass is 16.2. The first-order valence-corrected chi connectivity index (χ1v) is 10.7. The molecule has 3 aromatic rings. The summed E-state index contributed by atoms with van der Waals surface area (Å²) in [4.78, 5) is 33.4. The number of para-hydroxylation sites is 1. The number of piperazine rings is 1. The Kier molecular flexibility index (Phi) is 4.94. The molecule has 1 aromatic carbocycles. The van der Waals surface area contributed by atoms with E-state index in [0.29, 0.717) is 18.8 Å². The number of anilines is 2. The van der Waals surface area contributed by atoms with Crippen molar-refractivity contribution in [3.05, 3.63) is 53.9 Å². The number of aromatic nitrogens is 3. The first kappa shape index (κ1) is 18.8. The Morgan fingerprint density at radius 1 is 0.833 bits per heavy atom. The Hall–Kier alpha value is -3.22. The molecular formula is C23H26N6O. The maximum atomic E-state index is 13.0. The van der Waals surface area contributed by atoms with Crippen molar-refractivity contribution in [3.8, 4) is 0 Å². The van der Waals surface area contributed by atoms with Crippen LogP contribution in [-0.2, 0) is 0 Å². The quantitative estimate of drug-likeness (QED) is 0.671. The third-order valence-electron chi connectivity index (χ3n) is 5.93. The largest absolute Gasteiger partial charge is 0.356 e. The number of hydrogen-bond donors (Lipinski definition) is 0. The van der Waals surface area contributed by atoms with Crippen LogP contribution in [-0.4, -0.2) is 65.0 Å². The summed E-state index contributed by atoms with van der Waals surface area (Å²) >= 11 is 0. The van der Waals surface area contributed by atoms with Gasteiger partial charge in [0.25, 0.3) is 5.91 Å². The molecule has 2 aromatic heterocycles. The minimum absolute atomic E-state index is 0.0108. The van der Waals surface area contributed by atoms with Gasteiger partial charge in [0.1, 0.15) is 11.5 Å². The number of aryl methyl sites for hydroxylation is 1. The summed E-state index contributed by atoms with van der Waals surface area (Å²) in [5.74, 6) is 1.78. The van der Waals surface area contributed by atoms with Gasteiger partial charge in [0.05, 0.1) is 5.52 Å². The van der Waals surface area contributed by atoms with Crippen molar-refractivity contribution < 1.29 is 4.79 Å². The minimum atomic E-state index is -0.0108. The van der Waals surface area contributed by atoms with Gasteiger partial charge in [-0.3, -0.25) is 4.79 Å². The van der Waals surface area contributed by atoms with E-state index >= 15 is 0 Å². The number of fused-ring (bicyclic) bond motifs is 1. The lowest BCUT2D eigenvalue weighted by Crippen LogP contribution is -2.49. The Balaban J connectivity index is 1.28. The molecule has 30 heavy (non-hydrogen) atoms. The molecule has 0 bridgehead atoms. The van der Waals surface area contributed by atoms with Crippen LogP contribution in [0.15, 0.2) is 42.5 Å². The fourth-order valence-electron chi connectivity index (χ4n) is 4.24. The van der Waals surface area contributed by atoms with E-state index in [2.05, 4.69) is 25.8 Å². The highest BCUT2D eigenvalue weighted by Gasteiger charge is 2.25. The molecule has 1 amide bonds. The van der Waals surface area contributed by atoms with Crippen LogP contribution in [0.4, 0.5) is 11.8 Å². The number of rotatable bonds is 3. The van der Waals surface area contributed by atoms with Crippen LogP contribution in [0, 0.1) is 6.92 Å². The van der Waals surface area contributed by atoms with Crippen molar-refractivity contribution in [2.24, 2.45) is 0 Å². The Bertz CT molecular complexity index is 1070. The van der Waals surface area contributed by atoms with Crippen LogP contribution in [0.25, 0.3) is 10.9 Å². The normalized spacial score (nSPS) is 17.0. The Morgan fingerprint density at radius 3 is 2.40 bits per heavy atom. The molecule has 2 saturated heterocycles. The summed E-state index contributed by atoms with van der Waals surface area (Å²) in [5, 5.41) is 1.05. The minimum Gasteiger partial charge on any atom is -0.356 e. The zero-order valence-corrected chi connectivity index (χ0v) is 17.3. The topological polar surface area (TPSA) is 65.5 Å². The predicted molar refractivity (Wildman–Crippen MR) is 118 cm³/mol. The third-order valence-corrected chi connectivity index (χ3v) is 5.93. The number of carbonyl (C=O) groups excluding carboxylic acids is 1. The molecule has 4 heterocycles. The second kappa shape index (κ2) is 7.89. The first-order chi connectivity index (χ1) is 14.7. The van der Waals surface area contributed by atoms with Crippen LogP contribution < -0.4 is 9.80 Å². The smallest absolute Gasteiger partial charge is 0.272 e. The van der Waals surface area contributed by atoms with E-state index in [4.69, 9.17) is 4.98 Å². The molecule has 2 aliphatic rings. The van der Waals surface area contributed by atoms with E-state index in [0.717, 1.165) is 54.5 Å². The number of nitrogens with zero attached hydrogens (tertiary/aromatic N) is 6. The van der Waals surface area contributed by atoms with Crippen LogP contribution in [0.2, 0.25) is 0 Å². The molecule has 0 aliphatic carbocycles. The summed E-state index contributed by atoms with van der Waals surface area (Å²) < 4.78 is 0. The van der Waals surface area contributed by atoms with Crippen molar-refractivity contribution in [2.75, 3.05) is 49.1 Å². The fraction of sp³-hybridized carbons (Fsp3) is 0.391. The van der Waals surface area contributed by atoms with E-state index in [-0.39, 0.29) is 5.91 Å². The fourth-order valence-corrected chi connectivity index (χ4v) is 4.24. The van der Waals surface area contributed by atoms with E-state index in [1.54, 1.807) is 0 Å². The van der Waals surface area contributed by atoms with E-state index in [1.165, 1.54) is 12.8 Å². The molecule has 2 aliphatic heterocycles. The lowest BCUT2D eigenvalue weighted by atomic mass is 10.2. The summed E-state index contributed by atoms with van der Waals surface area (Å²) in [7, 11) is 0. The highest BCUT2D eigenvalue weighted by molar-refractivity contribution is 5.95. The summed E-state index contributed by atoms with van der Waals surface area (Å²) in [6, 6.07) is 13.7. The monoisotopic (exact) mass is 402 g/mol. The van der Waals surface area contributed by atoms with Gasteiger partial charge in [-0.1, -0.05) is 24.3 Å². The number of hydrogen-bond acceptors (Lipinski definition) is 6. The molecule has 0 atom stereocenters. The highest BCUT2D eigenvalue weighted by Crippen LogP contribution is 2.22. The number of carbonyl (C=O) groups is 1. The maximum absolute atomic E-state index is 13.0. The van der Waals surface area contributed by atoms with Gasteiger partial charge in [0.2, 0.25) is 5.95 Å². The molecule has 0 N–H and O–H groups in total. The lowest BCUT2D eigenvalue weighted by Gasteiger charge is -2.35. The lowest BCUT2D eigenvalue weighted by molar-refractivity contribution is 0.0740. The first-order valence-electron chi connectivity index (χ1n) is 10.7. The van der Waals surface area contributed by atoms with E-state index in [1.807, 2.05) is 48.2 Å². The number of benzene rings is 1. The van der Waals surface area contributed by atoms with Crippen molar-refractivity contribution in [3.63, 3.8) is 0 Å². The van der Waals surface area contributed by atoms with Crippen LogP contribution in [0.1, 0.15) is 29.0 Å². The SMILES string of the molecule is Cc1cc(N2CCCC2)nc(N2CCN(C(=O)c3ccc4ccccc4n3)CC2)n1. The Labute approximate surface area is 176 Å². The molecule has 0 unspecified atom stereocenters. The molecule has 5 rings (SSSR count). The van der Waals surface area contributed by atoms with Gasteiger partial charge in [0.15, 0.2) is 0 Å². The zero-order chi connectivity index (χ0) is 20.5. The van der Waals surface area contributed by atoms with Crippen molar-refractivity contribution in [2.45, 2.75) is 19.8 Å². The summed E-state index contributed by atoms with van der Waals surface area (Å²) in [5.41, 5.74) is 2.34. The number of amides is 1. The average Bonchev–Trinajstić information content (AvgIpc) is 3.33. The van der Waals surface area contributed by atoms with Crippen molar-refractivity contribution in [1.82, 2.24) is 19.9 Å². The van der Waals surface area contributed by atoms with Gasteiger partial charge in [-0.2, -0.15) is 4.98 Å². The molecule has 7 nitrogen and oxygen atoms in total. The zero-order valence-electron chi connectivity index (χ0n) is 17.3. The molecule has 0 radical (unpaired) electrons. The molecule has 0 spiro atoms. The van der Waals surface area contributed by atoms with Crippen molar-refractivity contribution >= 4 is 28.6 Å². The molecule has 7 heteroatoms. The molecule has 154 valence electrons. The van der Waals surface area contributed by atoms with E-state index < -0.39 is 0 Å². The molecule has 2 fully saturated rings. The molecule has 0 saturated carbocycles. The Morgan fingerprint density at radius 2 is 1.60 bits per heavy atom. The maximum Gasteiger partial charge on any atom is 0.272 e. The van der Waals surface area contributed by atoms with Gasteiger partial charge in [-0.25, -0.2) is 9.97 Å². The number of pyridine rings is 1. The van der Waals surface area contributed by atoms with Crippen LogP contribution in [0.3, 0.4) is 0 Å². The van der Waals surface area contributed by atoms with Gasteiger partial charge >= 0.3 is 0 Å². The standard InChI is InChI=1S/C23H26N6O/c1-17-16-21(27-10-4-5-11-27)26-23(24-17)29-14-12-28(13-15-29)22(30)20-9-8-18-6-2-3-7-19(18)25-20/h2-3,6-9,16H,4-5,10-15H2,1H3. The van der Waals surface area contributed by atoms with Gasteiger partial charge < -0.3 is 14.7 Å². The van der Waals surface area contributed by atoms with Gasteiger partial charge in [-0.05, 0) is 31.9 Å². The third kappa shape index (κ3) is 3.67. The second-order valence-electron chi connectivity index (χ2n) is 8.03. The van der Waals surface area contributed by atoms with Crippen LogP contribution in [0.5, 0.6) is 0 Å². The summed E-state index contributed by atoms with van der Waals surface area (Å²) in [6.45, 7) is 6.89.